The van der Waals surface area contributed by atoms with Crippen LogP contribution >= 0.6 is 31.9 Å². The second kappa shape index (κ2) is 9.11. The normalized spacial score (nSPS) is 12.5. The fraction of sp³-hybridized carbons (Fsp3) is 0.286. The molecule has 0 fully saturated rings. The number of aromatic nitrogens is 1. The van der Waals surface area contributed by atoms with Crippen molar-refractivity contribution in [1.29, 1.82) is 0 Å². The molecule has 28 heavy (non-hydrogen) atoms. The summed E-state index contributed by atoms with van der Waals surface area (Å²) in [5, 5.41) is 13.9. The van der Waals surface area contributed by atoms with E-state index in [1.807, 2.05) is 56.4 Å². The summed E-state index contributed by atoms with van der Waals surface area (Å²) in [6.07, 6.45) is 2.28. The first-order valence-corrected chi connectivity index (χ1v) is 10.6. The number of nitrogens with one attached hydrogen (secondary N) is 2. The maximum absolute atomic E-state index is 11.9. The molecule has 2 aromatic carbocycles. The van der Waals surface area contributed by atoms with Gasteiger partial charge in [-0.1, -0.05) is 34.1 Å². The average molecular weight is 510 g/mol. The van der Waals surface area contributed by atoms with Gasteiger partial charge in [-0.25, -0.2) is 0 Å². The predicted octanol–water partition coefficient (Wildman–Crippen LogP) is 5.27. The lowest BCUT2D eigenvalue weighted by atomic mass is 10.0. The summed E-state index contributed by atoms with van der Waals surface area (Å²) in [6.45, 7) is 4.30. The van der Waals surface area contributed by atoms with E-state index in [1.165, 1.54) is 0 Å². The highest BCUT2D eigenvalue weighted by Crippen LogP contribution is 2.34. The van der Waals surface area contributed by atoms with Crippen molar-refractivity contribution in [1.82, 2.24) is 10.3 Å². The van der Waals surface area contributed by atoms with Crippen molar-refractivity contribution in [3.8, 4) is 5.75 Å². The third-order valence-electron chi connectivity index (χ3n) is 4.37. The Morgan fingerprint density at radius 2 is 1.96 bits per heavy atom. The summed E-state index contributed by atoms with van der Waals surface area (Å²) < 4.78 is 7.66. The van der Waals surface area contributed by atoms with Gasteiger partial charge in [-0.15, -0.1) is 0 Å². The molecular formula is C21H22Br2N2O3. The van der Waals surface area contributed by atoms with Gasteiger partial charge in [0.2, 0.25) is 0 Å². The van der Waals surface area contributed by atoms with Crippen LogP contribution in [0.2, 0.25) is 0 Å². The van der Waals surface area contributed by atoms with E-state index >= 15 is 0 Å². The van der Waals surface area contributed by atoms with E-state index in [1.54, 1.807) is 0 Å². The van der Waals surface area contributed by atoms with Crippen molar-refractivity contribution in [2.24, 2.45) is 0 Å². The summed E-state index contributed by atoms with van der Waals surface area (Å²) in [5.41, 5.74) is 2.87. The lowest BCUT2D eigenvalue weighted by Crippen LogP contribution is -2.38. The Labute approximate surface area is 180 Å². The molecule has 7 heteroatoms. The van der Waals surface area contributed by atoms with Gasteiger partial charge in [0, 0.05) is 40.1 Å². The van der Waals surface area contributed by atoms with Crippen LogP contribution in [0.25, 0.3) is 10.9 Å². The number of aliphatic carboxylic acids is 1. The minimum absolute atomic E-state index is 0.0118. The molecule has 3 rings (SSSR count). The number of carboxylic acids is 1. The minimum Gasteiger partial charge on any atom is -0.489 e. The van der Waals surface area contributed by atoms with Crippen molar-refractivity contribution in [3.05, 3.63) is 62.7 Å². The Kier molecular flexibility index (Phi) is 6.80. The molecule has 5 nitrogen and oxygen atoms in total. The monoisotopic (exact) mass is 508 g/mol. The zero-order valence-corrected chi connectivity index (χ0v) is 18.8. The number of fused-ring (bicyclic) bond motifs is 1. The van der Waals surface area contributed by atoms with E-state index in [0.717, 1.165) is 36.7 Å². The topological polar surface area (TPSA) is 74.3 Å². The van der Waals surface area contributed by atoms with Gasteiger partial charge in [0.05, 0.1) is 10.6 Å². The fourth-order valence-electron chi connectivity index (χ4n) is 3.11. The molecule has 1 heterocycles. The van der Waals surface area contributed by atoms with E-state index in [9.17, 15) is 9.90 Å². The molecule has 0 bridgehead atoms. The predicted molar refractivity (Wildman–Crippen MR) is 118 cm³/mol. The molecule has 0 aliphatic carbocycles. The summed E-state index contributed by atoms with van der Waals surface area (Å²) in [6, 6.07) is 11.0. The molecule has 1 atom stereocenters. The Bertz CT molecular complexity index is 985. The first-order chi connectivity index (χ1) is 13.3. The van der Waals surface area contributed by atoms with E-state index in [0.29, 0.717) is 13.0 Å². The maximum atomic E-state index is 11.9. The van der Waals surface area contributed by atoms with E-state index in [4.69, 9.17) is 4.74 Å². The highest BCUT2D eigenvalue weighted by atomic mass is 79.9. The molecule has 148 valence electrons. The summed E-state index contributed by atoms with van der Waals surface area (Å²) >= 11 is 7.03. The summed E-state index contributed by atoms with van der Waals surface area (Å²) in [5.74, 6) is -0.160. The third-order valence-corrected chi connectivity index (χ3v) is 5.42. The Balaban J connectivity index is 1.80. The van der Waals surface area contributed by atoms with Crippen LogP contribution in [-0.4, -0.2) is 28.2 Å². The van der Waals surface area contributed by atoms with E-state index in [-0.39, 0.29) is 6.10 Å². The fourth-order valence-corrected chi connectivity index (χ4v) is 4.52. The van der Waals surface area contributed by atoms with Crippen molar-refractivity contribution in [3.63, 3.8) is 0 Å². The Hall–Kier alpha value is -1.83. The summed E-state index contributed by atoms with van der Waals surface area (Å²) in [4.78, 5) is 15.1. The highest BCUT2D eigenvalue weighted by molar-refractivity contribution is 9.11. The zero-order chi connectivity index (χ0) is 20.3. The number of halogens is 2. The van der Waals surface area contributed by atoms with Crippen LogP contribution in [0.3, 0.4) is 0 Å². The first kappa shape index (κ1) is 20.9. The Morgan fingerprint density at radius 1 is 1.21 bits per heavy atom. The van der Waals surface area contributed by atoms with Crippen molar-refractivity contribution >= 4 is 48.7 Å². The molecule has 0 aliphatic rings. The number of hydrogen-bond donors (Lipinski definition) is 3. The number of para-hydroxylation sites is 1. The quantitative estimate of drug-likeness (QED) is 0.387. The molecule has 0 unspecified atom stereocenters. The number of rotatable bonds is 8. The summed E-state index contributed by atoms with van der Waals surface area (Å²) in [7, 11) is 0. The van der Waals surface area contributed by atoms with Crippen molar-refractivity contribution in [2.45, 2.75) is 39.0 Å². The van der Waals surface area contributed by atoms with Crippen LogP contribution in [0.5, 0.6) is 5.75 Å². The molecule has 0 radical (unpaired) electrons. The van der Waals surface area contributed by atoms with Crippen molar-refractivity contribution < 1.29 is 14.6 Å². The van der Waals surface area contributed by atoms with Gasteiger partial charge in [-0.2, -0.15) is 0 Å². The van der Waals surface area contributed by atoms with E-state index in [2.05, 4.69) is 42.2 Å². The number of carbonyl (C=O) groups is 1. The van der Waals surface area contributed by atoms with Gasteiger partial charge in [0.15, 0.2) is 0 Å². The van der Waals surface area contributed by atoms with Crippen LogP contribution in [0.15, 0.2) is 51.5 Å². The van der Waals surface area contributed by atoms with Crippen LogP contribution < -0.4 is 10.1 Å². The molecule has 0 saturated carbocycles. The van der Waals surface area contributed by atoms with E-state index < -0.39 is 12.0 Å². The van der Waals surface area contributed by atoms with Crippen LogP contribution in [-0.2, 0) is 17.8 Å². The Morgan fingerprint density at radius 3 is 2.68 bits per heavy atom. The average Bonchev–Trinajstić information content (AvgIpc) is 3.03. The van der Waals surface area contributed by atoms with Gasteiger partial charge in [-0.3, -0.25) is 10.1 Å². The largest absolute Gasteiger partial charge is 0.489 e. The second-order valence-electron chi connectivity index (χ2n) is 6.88. The molecule has 1 aromatic heterocycles. The molecule has 0 spiro atoms. The lowest BCUT2D eigenvalue weighted by Gasteiger charge is -2.19. The SMILES string of the molecule is CC(C)Oc1c(Br)cc(Br)cc1CN[C@@H](Cc1c[nH]c2ccccc12)C(=O)O. The molecule has 3 N–H and O–H groups in total. The van der Waals surface area contributed by atoms with Crippen LogP contribution in [0.1, 0.15) is 25.0 Å². The van der Waals surface area contributed by atoms with Crippen LogP contribution in [0.4, 0.5) is 0 Å². The standard InChI is InChI=1S/C21H22Br2N2O3/c1-12(2)28-20-14(7-15(22)9-17(20)23)11-25-19(21(26)27)8-13-10-24-18-6-4-3-5-16(13)18/h3-7,9-10,12,19,24-25H,8,11H2,1-2H3,(H,26,27)/t19-/m0/s1. The minimum atomic E-state index is -0.884. The number of H-pyrrole nitrogens is 1. The number of aromatic amines is 1. The molecule has 0 aliphatic heterocycles. The van der Waals surface area contributed by atoms with Crippen molar-refractivity contribution in [2.75, 3.05) is 0 Å². The van der Waals surface area contributed by atoms with Gasteiger partial charge in [-0.05, 0) is 53.5 Å². The number of hydrogen-bond acceptors (Lipinski definition) is 3. The number of benzene rings is 2. The second-order valence-corrected chi connectivity index (χ2v) is 8.65. The molecule has 3 aromatic rings. The molecular weight excluding hydrogens is 488 g/mol. The van der Waals surface area contributed by atoms with Gasteiger partial charge < -0.3 is 14.8 Å². The van der Waals surface area contributed by atoms with Gasteiger partial charge >= 0.3 is 5.97 Å². The maximum Gasteiger partial charge on any atom is 0.321 e. The lowest BCUT2D eigenvalue weighted by molar-refractivity contribution is -0.139. The molecule has 0 saturated heterocycles. The van der Waals surface area contributed by atoms with Crippen LogP contribution in [0, 0.1) is 0 Å². The molecule has 0 amide bonds. The van der Waals surface area contributed by atoms with Gasteiger partial charge in [0.1, 0.15) is 11.8 Å². The smallest absolute Gasteiger partial charge is 0.321 e. The zero-order valence-electron chi connectivity index (χ0n) is 15.6. The number of ether oxygens (including phenoxy) is 1. The first-order valence-electron chi connectivity index (χ1n) is 9.01. The van der Waals surface area contributed by atoms with Gasteiger partial charge in [0.25, 0.3) is 0 Å². The third kappa shape index (κ3) is 4.96. The highest BCUT2D eigenvalue weighted by Gasteiger charge is 2.21. The number of carboxylic acid groups (broad SMARTS) is 1.